The van der Waals surface area contributed by atoms with Crippen LogP contribution in [0.3, 0.4) is 0 Å². The average Bonchev–Trinajstić information content (AvgIpc) is 2.86. The van der Waals surface area contributed by atoms with Gasteiger partial charge in [0.25, 0.3) is 0 Å². The van der Waals surface area contributed by atoms with Crippen LogP contribution in [0.2, 0.25) is 0 Å². The molecule has 1 fully saturated rings. The predicted octanol–water partition coefficient (Wildman–Crippen LogP) is 2.34. The molecule has 0 radical (unpaired) electrons. The van der Waals surface area contributed by atoms with E-state index in [1.807, 2.05) is 0 Å². The van der Waals surface area contributed by atoms with Crippen LogP contribution in [0.5, 0.6) is 17.2 Å². The number of nitrogens with two attached hydrogens (primary N) is 1. The molecule has 204 valence electrons. The van der Waals surface area contributed by atoms with Crippen LogP contribution in [-0.4, -0.2) is 64.3 Å². The molecule has 0 aromatic heterocycles. The molecule has 2 aromatic rings. The number of ether oxygens (including phenoxy) is 3. The summed E-state index contributed by atoms with van der Waals surface area (Å²) in [6.45, 7) is 3.08. The number of rotatable bonds is 4. The molecule has 0 spiro atoms. The minimum Gasteiger partial charge on any atom is -0.507 e. The third-order valence-electron chi connectivity index (χ3n) is 7.67. The Bertz CT molecular complexity index is 1310. The number of phenolic OH excluding ortho intramolecular Hbond substituents is 2. The molecule has 2 aliphatic carbocycles. The number of fused-ring (bicyclic) bond motifs is 3. The molecule has 0 saturated carbocycles. The largest absolute Gasteiger partial charge is 0.507 e. The van der Waals surface area contributed by atoms with Crippen molar-refractivity contribution in [1.29, 1.82) is 0 Å². The number of carbonyl (C=O) groups is 3. The molecule has 1 aliphatic heterocycles. The van der Waals surface area contributed by atoms with Gasteiger partial charge in [0.1, 0.15) is 23.0 Å². The van der Waals surface area contributed by atoms with Gasteiger partial charge in [0, 0.05) is 35.1 Å². The van der Waals surface area contributed by atoms with Crippen LogP contribution >= 0.6 is 12.4 Å². The molecule has 5 N–H and O–H groups in total. The van der Waals surface area contributed by atoms with Crippen LogP contribution in [-0.2, 0) is 20.7 Å². The van der Waals surface area contributed by atoms with Crippen LogP contribution in [0.4, 0.5) is 0 Å². The average molecular weight is 548 g/mol. The monoisotopic (exact) mass is 547 g/mol. The maximum absolute atomic E-state index is 13.6. The topological polar surface area (TPSA) is 166 Å². The lowest BCUT2D eigenvalue weighted by atomic mass is 9.74. The maximum Gasteiger partial charge on any atom is 0.202 e. The highest BCUT2D eigenvalue weighted by Gasteiger charge is 2.44. The van der Waals surface area contributed by atoms with Gasteiger partial charge in [-0.15, -0.1) is 12.4 Å². The third kappa shape index (κ3) is 4.26. The summed E-state index contributed by atoms with van der Waals surface area (Å²) in [7, 11) is 1.37. The summed E-state index contributed by atoms with van der Waals surface area (Å²) in [5.74, 6) is -2.80. The van der Waals surface area contributed by atoms with E-state index in [-0.39, 0.29) is 76.6 Å². The number of Topliss-reactive ketones (excluding diaryl/α,β-unsaturated/α-hetero) is 1. The van der Waals surface area contributed by atoms with Gasteiger partial charge in [-0.3, -0.25) is 14.4 Å². The Morgan fingerprint density at radius 3 is 2.39 bits per heavy atom. The number of hydrogen-bond acceptors (Lipinski definition) is 10. The Hall–Kier alpha value is -3.02. The predicted molar refractivity (Wildman–Crippen MR) is 136 cm³/mol. The highest BCUT2D eigenvalue weighted by atomic mass is 35.5. The maximum atomic E-state index is 13.6. The minimum absolute atomic E-state index is 0. The number of methoxy groups -OCH3 is 1. The highest BCUT2D eigenvalue weighted by Crippen LogP contribution is 2.51. The van der Waals surface area contributed by atoms with Crippen molar-refractivity contribution >= 4 is 29.8 Å². The zero-order valence-electron chi connectivity index (χ0n) is 21.1. The van der Waals surface area contributed by atoms with Crippen LogP contribution in [0.15, 0.2) is 18.2 Å². The summed E-state index contributed by atoms with van der Waals surface area (Å²) in [6, 6.07) is 3.94. The van der Waals surface area contributed by atoms with Gasteiger partial charge in [-0.1, -0.05) is 12.1 Å². The number of aliphatic hydroxyl groups is 1. The van der Waals surface area contributed by atoms with Crippen molar-refractivity contribution in [3.05, 3.63) is 51.6 Å². The van der Waals surface area contributed by atoms with Gasteiger partial charge >= 0.3 is 0 Å². The molecule has 2 aromatic carbocycles. The number of halogens is 1. The first-order valence-corrected chi connectivity index (χ1v) is 12.2. The lowest BCUT2D eigenvalue weighted by Crippen LogP contribution is -2.52. The normalized spacial score (nSPS) is 28.0. The van der Waals surface area contributed by atoms with Gasteiger partial charge in [0.2, 0.25) is 5.78 Å². The summed E-state index contributed by atoms with van der Waals surface area (Å²) >= 11 is 0. The van der Waals surface area contributed by atoms with E-state index in [1.54, 1.807) is 13.0 Å². The zero-order valence-corrected chi connectivity index (χ0v) is 21.9. The van der Waals surface area contributed by atoms with E-state index in [0.29, 0.717) is 0 Å². The number of aromatic hydroxyl groups is 2. The molecule has 4 unspecified atom stereocenters. The molecule has 38 heavy (non-hydrogen) atoms. The highest BCUT2D eigenvalue weighted by molar-refractivity contribution is 6.31. The Morgan fingerprint density at radius 1 is 1.08 bits per heavy atom. The van der Waals surface area contributed by atoms with Gasteiger partial charge < -0.3 is 35.3 Å². The smallest absolute Gasteiger partial charge is 0.202 e. The summed E-state index contributed by atoms with van der Waals surface area (Å²) < 4.78 is 17.2. The van der Waals surface area contributed by atoms with Crippen molar-refractivity contribution in [3.63, 3.8) is 0 Å². The second-order valence-electron chi connectivity index (χ2n) is 9.91. The Kier molecular flexibility index (Phi) is 7.57. The molecule has 3 aliphatic rings. The van der Waals surface area contributed by atoms with Crippen molar-refractivity contribution < 1.29 is 43.9 Å². The number of benzene rings is 2. The zero-order chi connectivity index (χ0) is 26.8. The fraction of sp³-hybridized carbons (Fsp3) is 0.444. The second kappa shape index (κ2) is 10.3. The Labute approximate surface area is 225 Å². The van der Waals surface area contributed by atoms with Crippen molar-refractivity contribution in [2.45, 2.75) is 63.8 Å². The van der Waals surface area contributed by atoms with Crippen LogP contribution in [0, 0.1) is 5.92 Å². The van der Waals surface area contributed by atoms with E-state index in [0.717, 1.165) is 0 Å². The standard InChI is InChI=1S/C27H29NO9.ClH/c1-10(29)12-7-14-20(17(8-12)37-18-9-15(28)23(30)11(2)36-18)27(34)22-21(25(14)32)24(31)13-5-4-6-16(35-3)19(13)26(22)33;/h4-6,11-12,15,17-18,23,30,32,34H,7-9,28H2,1-3H3;1H/t11?,12-,15?,17+,18?,23?;/m1./s1. The first-order chi connectivity index (χ1) is 17.5. The fourth-order valence-electron chi connectivity index (χ4n) is 5.67. The minimum atomic E-state index is -0.949. The van der Waals surface area contributed by atoms with E-state index in [1.165, 1.54) is 26.2 Å². The van der Waals surface area contributed by atoms with E-state index in [4.69, 9.17) is 19.9 Å². The molecule has 5 rings (SSSR count). The van der Waals surface area contributed by atoms with Gasteiger partial charge in [0.15, 0.2) is 12.1 Å². The van der Waals surface area contributed by atoms with E-state index >= 15 is 0 Å². The summed E-state index contributed by atoms with van der Waals surface area (Å²) in [5, 5.41) is 32.9. The van der Waals surface area contributed by atoms with Crippen molar-refractivity contribution in [2.24, 2.45) is 11.7 Å². The molecule has 11 heteroatoms. The Morgan fingerprint density at radius 2 is 1.76 bits per heavy atom. The number of hydrogen-bond donors (Lipinski definition) is 4. The van der Waals surface area contributed by atoms with Crippen LogP contribution in [0.25, 0.3) is 0 Å². The fourth-order valence-corrected chi connectivity index (χ4v) is 5.67. The molecule has 0 bridgehead atoms. The van der Waals surface area contributed by atoms with E-state index in [9.17, 15) is 29.7 Å². The number of aliphatic hydroxyl groups excluding tert-OH is 1. The second-order valence-corrected chi connectivity index (χ2v) is 9.91. The summed E-state index contributed by atoms with van der Waals surface area (Å²) in [4.78, 5) is 39.5. The van der Waals surface area contributed by atoms with Crippen molar-refractivity contribution in [3.8, 4) is 17.2 Å². The van der Waals surface area contributed by atoms with Gasteiger partial charge in [-0.05, 0) is 32.8 Å². The molecule has 6 atom stereocenters. The lowest BCUT2D eigenvalue weighted by molar-refractivity contribution is -0.243. The Balaban J connectivity index is 0.00000336. The summed E-state index contributed by atoms with van der Waals surface area (Å²) in [6.07, 6.45) is -2.95. The van der Waals surface area contributed by atoms with Gasteiger partial charge in [0.05, 0.1) is 42.1 Å². The quantitative estimate of drug-likeness (QED) is 0.356. The molecule has 10 nitrogen and oxygen atoms in total. The number of carbonyl (C=O) groups excluding carboxylic acids is 3. The van der Waals surface area contributed by atoms with Crippen LogP contribution < -0.4 is 10.5 Å². The summed E-state index contributed by atoms with van der Waals surface area (Å²) in [5.41, 5.74) is 5.75. The molecule has 1 saturated heterocycles. The SMILES string of the molecule is COc1cccc2c1C(=O)c1c(O)c3c(c(O)c1C2=O)C[C@@H](C(C)=O)C[C@@H]3OC1CC(N)C(O)C(C)O1.Cl. The van der Waals surface area contributed by atoms with Gasteiger partial charge in [-0.25, -0.2) is 0 Å². The first kappa shape index (κ1) is 28.0. The molecular formula is C27H30ClNO9. The third-order valence-corrected chi connectivity index (χ3v) is 7.67. The van der Waals surface area contributed by atoms with Crippen LogP contribution in [0.1, 0.15) is 75.8 Å². The molecule has 0 amide bonds. The van der Waals surface area contributed by atoms with E-state index in [2.05, 4.69) is 0 Å². The molecule has 1 heterocycles. The van der Waals surface area contributed by atoms with E-state index < -0.39 is 59.6 Å². The van der Waals surface area contributed by atoms with Crippen molar-refractivity contribution in [1.82, 2.24) is 0 Å². The first-order valence-electron chi connectivity index (χ1n) is 12.2. The lowest BCUT2D eigenvalue weighted by Gasteiger charge is -2.40. The molecular weight excluding hydrogens is 518 g/mol. The number of phenols is 2. The van der Waals surface area contributed by atoms with Crippen molar-refractivity contribution in [2.75, 3.05) is 7.11 Å². The van der Waals surface area contributed by atoms with Gasteiger partial charge in [-0.2, -0.15) is 0 Å². The number of ketones is 3.